The van der Waals surface area contributed by atoms with Gasteiger partial charge >= 0.3 is 5.76 Å². The van der Waals surface area contributed by atoms with Gasteiger partial charge in [-0.3, -0.25) is 4.98 Å². The fraction of sp³-hybridized carbons (Fsp3) is 0. The first-order valence-electron chi connectivity index (χ1n) is 3.60. The van der Waals surface area contributed by atoms with Gasteiger partial charge in [0.15, 0.2) is 5.58 Å². The smallest absolute Gasteiger partial charge is 0.411 e. The molecule has 0 saturated carbocycles. The maximum absolute atomic E-state index is 10.8. The molecule has 0 radical (unpaired) electrons. The number of aromatic nitrogens is 1. The largest absolute Gasteiger partial charge is 0.417 e. The molecule has 1 aromatic heterocycles. The van der Waals surface area contributed by atoms with Gasteiger partial charge in [0.05, 0.1) is 11.7 Å². The lowest BCUT2D eigenvalue weighted by molar-refractivity contribution is 0.322. The molecular weight excluding hydrogens is 172 g/mol. The van der Waals surface area contributed by atoms with Crippen molar-refractivity contribution < 1.29 is 9.62 Å². The Morgan fingerprint density at radius 1 is 1.54 bits per heavy atom. The molecule has 0 spiro atoms. The third-order valence-corrected chi connectivity index (χ3v) is 1.65. The fourth-order valence-electron chi connectivity index (χ4n) is 1.11. The third kappa shape index (κ3) is 1.31. The van der Waals surface area contributed by atoms with Crippen LogP contribution in [0.1, 0.15) is 5.56 Å². The summed E-state index contributed by atoms with van der Waals surface area (Å²) in [5.74, 6) is -0.493. The third-order valence-electron chi connectivity index (χ3n) is 1.65. The van der Waals surface area contributed by atoms with E-state index in [0.717, 1.165) is 0 Å². The Bertz CT molecular complexity index is 509. The van der Waals surface area contributed by atoms with Crippen LogP contribution in [0.5, 0.6) is 0 Å². The van der Waals surface area contributed by atoms with E-state index in [0.29, 0.717) is 16.7 Å². The molecule has 5 heteroatoms. The Labute approximate surface area is 72.3 Å². The van der Waals surface area contributed by atoms with E-state index in [1.165, 1.54) is 6.21 Å². The molecule has 2 rings (SSSR count). The van der Waals surface area contributed by atoms with Crippen molar-refractivity contribution in [1.82, 2.24) is 4.98 Å². The van der Waals surface area contributed by atoms with E-state index < -0.39 is 5.76 Å². The number of hydrogen-bond acceptors (Lipinski definition) is 4. The first kappa shape index (κ1) is 7.60. The fourth-order valence-corrected chi connectivity index (χ4v) is 1.11. The van der Waals surface area contributed by atoms with Crippen molar-refractivity contribution in [1.29, 1.82) is 0 Å². The molecule has 0 aliphatic heterocycles. The van der Waals surface area contributed by atoms with Crippen LogP contribution in [-0.4, -0.2) is 16.4 Å². The lowest BCUT2D eigenvalue weighted by Crippen LogP contribution is -1.92. The van der Waals surface area contributed by atoms with Crippen molar-refractivity contribution >= 4 is 17.3 Å². The van der Waals surface area contributed by atoms with Gasteiger partial charge < -0.3 is 9.62 Å². The van der Waals surface area contributed by atoms with Crippen molar-refractivity contribution in [2.75, 3.05) is 0 Å². The first-order valence-corrected chi connectivity index (χ1v) is 3.60. The van der Waals surface area contributed by atoms with Crippen LogP contribution in [-0.2, 0) is 0 Å². The maximum Gasteiger partial charge on any atom is 0.417 e. The van der Waals surface area contributed by atoms with Gasteiger partial charge in [-0.05, 0) is 17.7 Å². The van der Waals surface area contributed by atoms with Crippen LogP contribution in [0.3, 0.4) is 0 Å². The number of hydrogen-bond donors (Lipinski definition) is 2. The van der Waals surface area contributed by atoms with E-state index >= 15 is 0 Å². The monoisotopic (exact) mass is 178 g/mol. The van der Waals surface area contributed by atoms with Crippen LogP contribution in [0, 0.1) is 0 Å². The molecule has 0 saturated heterocycles. The summed E-state index contributed by atoms with van der Waals surface area (Å²) in [5, 5.41) is 11.1. The maximum atomic E-state index is 10.8. The second-order valence-corrected chi connectivity index (χ2v) is 2.51. The summed E-state index contributed by atoms with van der Waals surface area (Å²) >= 11 is 0. The van der Waals surface area contributed by atoms with Gasteiger partial charge in [-0.2, -0.15) is 0 Å². The second kappa shape index (κ2) is 2.78. The Morgan fingerprint density at radius 2 is 2.38 bits per heavy atom. The number of oxime groups is 1. The summed E-state index contributed by atoms with van der Waals surface area (Å²) in [6.07, 6.45) is 1.26. The molecule has 1 aromatic carbocycles. The van der Waals surface area contributed by atoms with Crippen molar-refractivity contribution in [3.63, 3.8) is 0 Å². The Balaban J connectivity index is 2.67. The molecule has 0 fully saturated rings. The average molecular weight is 178 g/mol. The number of fused-ring (bicyclic) bond motifs is 1. The lowest BCUT2D eigenvalue weighted by atomic mass is 10.2. The molecule has 1 heterocycles. The lowest BCUT2D eigenvalue weighted by Gasteiger charge is -1.89. The van der Waals surface area contributed by atoms with Crippen molar-refractivity contribution in [3.05, 3.63) is 34.3 Å². The zero-order valence-electron chi connectivity index (χ0n) is 6.52. The highest BCUT2D eigenvalue weighted by Crippen LogP contribution is 2.10. The molecule has 0 atom stereocenters. The Kier molecular flexibility index (Phi) is 1.63. The summed E-state index contributed by atoms with van der Waals surface area (Å²) in [4.78, 5) is 13.3. The highest BCUT2D eigenvalue weighted by Gasteiger charge is 2.00. The van der Waals surface area contributed by atoms with Crippen LogP contribution in [0.4, 0.5) is 0 Å². The Hall–Kier alpha value is -2.04. The van der Waals surface area contributed by atoms with Crippen LogP contribution in [0.25, 0.3) is 11.1 Å². The van der Waals surface area contributed by atoms with Gasteiger partial charge in [-0.15, -0.1) is 0 Å². The molecule has 2 N–H and O–H groups in total. The minimum Gasteiger partial charge on any atom is -0.411 e. The summed E-state index contributed by atoms with van der Waals surface area (Å²) in [6.45, 7) is 0. The normalized spacial score (nSPS) is 11.4. The van der Waals surface area contributed by atoms with E-state index in [9.17, 15) is 4.79 Å². The predicted molar refractivity (Wildman–Crippen MR) is 46.2 cm³/mol. The molecule has 0 aliphatic rings. The van der Waals surface area contributed by atoms with Crippen molar-refractivity contribution in [3.8, 4) is 0 Å². The van der Waals surface area contributed by atoms with Crippen LogP contribution < -0.4 is 5.76 Å². The number of rotatable bonds is 1. The SMILES string of the molecule is O=c1[nH]c2ccc(C=NO)cc2o1. The minimum absolute atomic E-state index is 0.447. The zero-order valence-corrected chi connectivity index (χ0v) is 6.52. The number of aromatic amines is 1. The van der Waals surface area contributed by atoms with Gasteiger partial charge in [0.2, 0.25) is 0 Å². The van der Waals surface area contributed by atoms with Gasteiger partial charge in [0.1, 0.15) is 0 Å². The molecular formula is C8H6N2O3. The summed E-state index contributed by atoms with van der Waals surface area (Å²) in [7, 11) is 0. The van der Waals surface area contributed by atoms with Gasteiger partial charge in [-0.25, -0.2) is 4.79 Å². The Morgan fingerprint density at radius 3 is 3.15 bits per heavy atom. The highest BCUT2D eigenvalue weighted by molar-refractivity contribution is 5.85. The van der Waals surface area contributed by atoms with E-state index in [1.54, 1.807) is 18.2 Å². The van der Waals surface area contributed by atoms with Crippen LogP contribution in [0.15, 0.2) is 32.6 Å². The molecule has 0 amide bonds. The molecule has 5 nitrogen and oxygen atoms in total. The number of benzene rings is 1. The summed E-state index contributed by atoms with van der Waals surface area (Å²) < 4.78 is 4.80. The van der Waals surface area contributed by atoms with Crippen molar-refractivity contribution in [2.45, 2.75) is 0 Å². The minimum atomic E-state index is -0.493. The molecule has 66 valence electrons. The number of nitrogens with zero attached hydrogens (tertiary/aromatic N) is 1. The van der Waals surface area contributed by atoms with Gasteiger partial charge in [-0.1, -0.05) is 11.2 Å². The second-order valence-electron chi connectivity index (χ2n) is 2.51. The first-order chi connectivity index (χ1) is 6.29. The average Bonchev–Trinajstić information content (AvgIpc) is 2.44. The van der Waals surface area contributed by atoms with Crippen molar-refractivity contribution in [2.24, 2.45) is 5.16 Å². The summed E-state index contributed by atoms with van der Waals surface area (Å²) in [5.41, 5.74) is 1.74. The molecule has 0 aliphatic carbocycles. The highest BCUT2D eigenvalue weighted by atomic mass is 16.4. The molecule has 13 heavy (non-hydrogen) atoms. The summed E-state index contributed by atoms with van der Waals surface area (Å²) in [6, 6.07) is 4.98. The zero-order chi connectivity index (χ0) is 9.26. The topological polar surface area (TPSA) is 78.6 Å². The van der Waals surface area contributed by atoms with E-state index in [4.69, 9.17) is 9.62 Å². The van der Waals surface area contributed by atoms with Gasteiger partial charge in [0, 0.05) is 0 Å². The van der Waals surface area contributed by atoms with E-state index in [-0.39, 0.29) is 0 Å². The number of oxazole rings is 1. The number of nitrogens with one attached hydrogen (secondary N) is 1. The van der Waals surface area contributed by atoms with E-state index in [2.05, 4.69) is 10.1 Å². The predicted octanol–water partition coefficient (Wildman–Crippen LogP) is 0.929. The van der Waals surface area contributed by atoms with E-state index in [1.807, 2.05) is 0 Å². The molecule has 0 unspecified atom stereocenters. The quantitative estimate of drug-likeness (QED) is 0.387. The van der Waals surface area contributed by atoms with Crippen LogP contribution in [0.2, 0.25) is 0 Å². The molecule has 2 aromatic rings. The van der Waals surface area contributed by atoms with Crippen LogP contribution >= 0.6 is 0 Å². The van der Waals surface area contributed by atoms with Gasteiger partial charge in [0.25, 0.3) is 0 Å². The molecule has 0 bridgehead atoms. The standard InChI is InChI=1S/C8H6N2O3/c11-8-10-6-2-1-5(4-9-12)3-7(6)13-8/h1-4,12H,(H,10,11). The number of H-pyrrole nitrogens is 1.